The Kier molecular flexibility index (Phi) is 8.85. The van der Waals surface area contributed by atoms with Crippen molar-refractivity contribution < 1.29 is 14.6 Å². The van der Waals surface area contributed by atoms with E-state index in [0.717, 1.165) is 38.4 Å². The molecule has 1 atom stereocenters. The number of aliphatic hydroxyl groups excluding tert-OH is 1. The molecule has 0 unspecified atom stereocenters. The summed E-state index contributed by atoms with van der Waals surface area (Å²) in [5.41, 5.74) is 2.45. The predicted molar refractivity (Wildman–Crippen MR) is 109 cm³/mol. The van der Waals surface area contributed by atoms with Crippen molar-refractivity contribution in [3.63, 3.8) is 0 Å². The number of benzene rings is 1. The molecule has 1 aromatic heterocycles. The Morgan fingerprint density at radius 1 is 1.15 bits per heavy atom. The average Bonchev–Trinajstić information content (AvgIpc) is 3.08. The summed E-state index contributed by atoms with van der Waals surface area (Å²) in [5, 5.41) is 10.4. The molecule has 150 valence electrons. The molecule has 0 aliphatic rings. The van der Waals surface area contributed by atoms with Gasteiger partial charge >= 0.3 is 0 Å². The zero-order chi connectivity index (χ0) is 19.6. The van der Waals surface area contributed by atoms with Gasteiger partial charge in [-0.2, -0.15) is 0 Å². The lowest BCUT2D eigenvalue weighted by molar-refractivity contribution is 0.0674. The van der Waals surface area contributed by atoms with E-state index in [-0.39, 0.29) is 12.0 Å². The van der Waals surface area contributed by atoms with Gasteiger partial charge in [0, 0.05) is 51.8 Å². The minimum atomic E-state index is -0.325. The Bertz CT molecular complexity index is 669. The lowest BCUT2D eigenvalue weighted by Crippen LogP contribution is -2.36. The Morgan fingerprint density at radius 2 is 1.96 bits per heavy atom. The van der Waals surface area contributed by atoms with Crippen molar-refractivity contribution in [2.24, 2.45) is 5.92 Å². The Hall–Kier alpha value is -1.82. The molecule has 5 nitrogen and oxygen atoms in total. The number of nitrogens with zero attached hydrogens (tertiary/aromatic N) is 2. The van der Waals surface area contributed by atoms with Crippen LogP contribution < -0.4 is 4.74 Å². The summed E-state index contributed by atoms with van der Waals surface area (Å²) >= 11 is 0. The highest BCUT2D eigenvalue weighted by molar-refractivity contribution is 5.29. The zero-order valence-corrected chi connectivity index (χ0v) is 17.1. The van der Waals surface area contributed by atoms with Crippen molar-refractivity contribution in [2.45, 2.75) is 39.5 Å². The molecule has 5 heteroatoms. The number of ether oxygens (including phenoxy) is 2. The third kappa shape index (κ3) is 7.01. The molecular weight excluding hydrogens is 340 g/mol. The number of hydrogen-bond donors (Lipinski definition) is 1. The molecule has 2 aromatic rings. The zero-order valence-electron chi connectivity index (χ0n) is 17.1. The van der Waals surface area contributed by atoms with Crippen molar-refractivity contribution in [1.29, 1.82) is 0 Å². The van der Waals surface area contributed by atoms with Crippen LogP contribution in [0.25, 0.3) is 0 Å². The Morgan fingerprint density at radius 3 is 2.67 bits per heavy atom. The van der Waals surface area contributed by atoms with E-state index in [4.69, 9.17) is 9.47 Å². The van der Waals surface area contributed by atoms with Gasteiger partial charge in [0.15, 0.2) is 0 Å². The standard InChI is InChI=1S/C22H34N2O3/c1-18(2)22(25)17-23(11-7-13-26-3)16-20-9-6-12-24(20)15-19-8-5-10-21(14-19)27-4/h5-6,8-10,12,14,18,22,25H,7,11,13,15-17H2,1-4H3/t22-/m0/s1. The first-order valence-corrected chi connectivity index (χ1v) is 9.69. The Labute approximate surface area is 163 Å². The normalized spacial score (nSPS) is 12.7. The van der Waals surface area contributed by atoms with Crippen LogP contribution in [-0.4, -0.2) is 54.6 Å². The van der Waals surface area contributed by atoms with Crippen LogP contribution in [0.3, 0.4) is 0 Å². The van der Waals surface area contributed by atoms with Gasteiger partial charge in [0.05, 0.1) is 13.2 Å². The molecule has 0 aliphatic carbocycles. The van der Waals surface area contributed by atoms with E-state index < -0.39 is 0 Å². The molecule has 0 aliphatic heterocycles. The number of hydrogen-bond acceptors (Lipinski definition) is 4. The topological polar surface area (TPSA) is 46.9 Å². The van der Waals surface area contributed by atoms with E-state index in [9.17, 15) is 5.11 Å². The molecule has 0 saturated carbocycles. The van der Waals surface area contributed by atoms with Crippen molar-refractivity contribution in [3.8, 4) is 5.75 Å². The summed E-state index contributed by atoms with van der Waals surface area (Å²) in [4.78, 5) is 2.32. The minimum Gasteiger partial charge on any atom is -0.497 e. The maximum absolute atomic E-state index is 10.4. The summed E-state index contributed by atoms with van der Waals surface area (Å²) in [5.74, 6) is 1.13. The monoisotopic (exact) mass is 374 g/mol. The average molecular weight is 375 g/mol. The van der Waals surface area contributed by atoms with Crippen LogP contribution in [0.2, 0.25) is 0 Å². The van der Waals surface area contributed by atoms with E-state index in [1.54, 1.807) is 14.2 Å². The van der Waals surface area contributed by atoms with Gasteiger partial charge < -0.3 is 19.1 Å². The number of rotatable bonds is 12. The second kappa shape index (κ2) is 11.1. The van der Waals surface area contributed by atoms with Crippen LogP contribution >= 0.6 is 0 Å². The summed E-state index contributed by atoms with van der Waals surface area (Å²) in [7, 11) is 3.42. The molecule has 0 spiro atoms. The van der Waals surface area contributed by atoms with Crippen LogP contribution in [0.15, 0.2) is 42.6 Å². The molecule has 1 heterocycles. The van der Waals surface area contributed by atoms with Crippen LogP contribution in [0.4, 0.5) is 0 Å². The molecule has 27 heavy (non-hydrogen) atoms. The second-order valence-electron chi connectivity index (χ2n) is 7.37. The first-order chi connectivity index (χ1) is 13.0. The molecule has 1 aromatic carbocycles. The predicted octanol–water partition coefficient (Wildman–Crippen LogP) is 3.40. The van der Waals surface area contributed by atoms with E-state index in [0.29, 0.717) is 6.54 Å². The third-order valence-electron chi connectivity index (χ3n) is 4.83. The quantitative estimate of drug-likeness (QED) is 0.579. The molecular formula is C22H34N2O3. The summed E-state index contributed by atoms with van der Waals surface area (Å²) in [6.07, 6.45) is 2.74. The van der Waals surface area contributed by atoms with E-state index in [2.05, 4.69) is 53.8 Å². The summed E-state index contributed by atoms with van der Waals surface area (Å²) < 4.78 is 12.8. The SMILES string of the molecule is COCCCN(Cc1cccn1Cc1cccc(OC)c1)C[C@H](O)C(C)C. The second-order valence-corrected chi connectivity index (χ2v) is 7.37. The van der Waals surface area contributed by atoms with E-state index >= 15 is 0 Å². The smallest absolute Gasteiger partial charge is 0.119 e. The van der Waals surface area contributed by atoms with Gasteiger partial charge in [-0.15, -0.1) is 0 Å². The fraction of sp³-hybridized carbons (Fsp3) is 0.545. The Balaban J connectivity index is 2.07. The molecule has 0 bridgehead atoms. The third-order valence-corrected chi connectivity index (χ3v) is 4.83. The van der Waals surface area contributed by atoms with Crippen LogP contribution in [0, 0.1) is 5.92 Å². The largest absolute Gasteiger partial charge is 0.497 e. The van der Waals surface area contributed by atoms with Gasteiger partial charge in [-0.1, -0.05) is 26.0 Å². The lowest BCUT2D eigenvalue weighted by atomic mass is 10.1. The first-order valence-electron chi connectivity index (χ1n) is 9.69. The van der Waals surface area contributed by atoms with E-state index in [1.807, 2.05) is 12.1 Å². The first kappa shape index (κ1) is 21.5. The highest BCUT2D eigenvalue weighted by Crippen LogP contribution is 2.16. The van der Waals surface area contributed by atoms with Gasteiger partial charge in [0.25, 0.3) is 0 Å². The highest BCUT2D eigenvalue weighted by Gasteiger charge is 2.16. The number of aromatic nitrogens is 1. The van der Waals surface area contributed by atoms with Crippen molar-refractivity contribution in [3.05, 3.63) is 53.9 Å². The number of aliphatic hydroxyl groups is 1. The van der Waals surface area contributed by atoms with Gasteiger partial charge in [-0.05, 0) is 42.2 Å². The van der Waals surface area contributed by atoms with Crippen LogP contribution in [-0.2, 0) is 17.8 Å². The van der Waals surface area contributed by atoms with E-state index in [1.165, 1.54) is 11.3 Å². The molecule has 0 fully saturated rings. The molecule has 0 radical (unpaired) electrons. The molecule has 0 amide bonds. The maximum Gasteiger partial charge on any atom is 0.119 e. The molecule has 0 saturated heterocycles. The van der Waals surface area contributed by atoms with Gasteiger partial charge in [-0.3, -0.25) is 4.90 Å². The van der Waals surface area contributed by atoms with Gasteiger partial charge in [-0.25, -0.2) is 0 Å². The molecule has 2 rings (SSSR count). The number of methoxy groups -OCH3 is 2. The maximum atomic E-state index is 10.4. The van der Waals surface area contributed by atoms with Gasteiger partial charge in [0.2, 0.25) is 0 Å². The molecule has 1 N–H and O–H groups in total. The van der Waals surface area contributed by atoms with Crippen molar-refractivity contribution in [1.82, 2.24) is 9.47 Å². The summed E-state index contributed by atoms with van der Waals surface area (Å²) in [6.45, 7) is 8.04. The van der Waals surface area contributed by atoms with Crippen LogP contribution in [0.5, 0.6) is 5.75 Å². The van der Waals surface area contributed by atoms with Crippen LogP contribution in [0.1, 0.15) is 31.5 Å². The lowest BCUT2D eigenvalue weighted by Gasteiger charge is -2.27. The highest BCUT2D eigenvalue weighted by atomic mass is 16.5. The minimum absolute atomic E-state index is 0.249. The summed E-state index contributed by atoms with van der Waals surface area (Å²) in [6, 6.07) is 12.4. The van der Waals surface area contributed by atoms with Gasteiger partial charge in [0.1, 0.15) is 5.75 Å². The fourth-order valence-electron chi connectivity index (χ4n) is 3.09. The fourth-order valence-corrected chi connectivity index (χ4v) is 3.09. The van der Waals surface area contributed by atoms with Crippen molar-refractivity contribution in [2.75, 3.05) is 33.9 Å². The van der Waals surface area contributed by atoms with Crippen molar-refractivity contribution >= 4 is 0 Å².